The third-order valence-electron chi connectivity index (χ3n) is 4.71. The number of nitrogens with zero attached hydrogens (tertiary/aromatic N) is 2. The lowest BCUT2D eigenvalue weighted by atomic mass is 9.97. The van der Waals surface area contributed by atoms with E-state index >= 15 is 0 Å². The molecule has 4 rings (SSSR count). The van der Waals surface area contributed by atoms with Crippen molar-refractivity contribution in [3.05, 3.63) is 82.3 Å². The second-order valence-corrected chi connectivity index (χ2v) is 6.78. The molecule has 0 unspecified atom stereocenters. The van der Waals surface area contributed by atoms with Gasteiger partial charge in [-0.2, -0.15) is 0 Å². The summed E-state index contributed by atoms with van der Waals surface area (Å²) in [5, 5.41) is 5.65. The van der Waals surface area contributed by atoms with Gasteiger partial charge in [0.25, 0.3) is 5.91 Å². The predicted molar refractivity (Wildman–Crippen MR) is 97.4 cm³/mol. The first-order chi connectivity index (χ1) is 13.9. The average Bonchev–Trinajstić information content (AvgIpc) is 3.12. The largest absolute Gasteiger partial charge is 0.331 e. The Morgan fingerprint density at radius 1 is 1.10 bits per heavy atom. The summed E-state index contributed by atoms with van der Waals surface area (Å²) in [7, 11) is 0. The SMILES string of the molecule is O=C(Nc1cn(Cc2cc(F)c(F)c(F)c2)cn1)c1cc(F)c2c(c1)CCNC2. The van der Waals surface area contributed by atoms with Crippen molar-refractivity contribution in [3.63, 3.8) is 0 Å². The number of hydrogen-bond acceptors (Lipinski definition) is 3. The molecule has 0 radical (unpaired) electrons. The van der Waals surface area contributed by atoms with Crippen LogP contribution in [0.25, 0.3) is 0 Å². The van der Waals surface area contributed by atoms with Gasteiger partial charge >= 0.3 is 0 Å². The van der Waals surface area contributed by atoms with Gasteiger partial charge in [0.05, 0.1) is 6.33 Å². The van der Waals surface area contributed by atoms with Crippen LogP contribution >= 0.6 is 0 Å². The fourth-order valence-electron chi connectivity index (χ4n) is 3.29. The first-order valence-corrected chi connectivity index (χ1v) is 8.89. The molecule has 1 aliphatic heterocycles. The molecule has 0 aliphatic carbocycles. The smallest absolute Gasteiger partial charge is 0.256 e. The van der Waals surface area contributed by atoms with Crippen LogP contribution in [0.1, 0.15) is 27.0 Å². The number of nitrogens with one attached hydrogen (secondary N) is 2. The molecule has 2 N–H and O–H groups in total. The zero-order valence-corrected chi connectivity index (χ0v) is 15.1. The van der Waals surface area contributed by atoms with E-state index in [2.05, 4.69) is 15.6 Å². The van der Waals surface area contributed by atoms with E-state index in [0.717, 1.165) is 17.7 Å². The number of carbonyl (C=O) groups is 1. The quantitative estimate of drug-likeness (QED) is 0.518. The van der Waals surface area contributed by atoms with Gasteiger partial charge in [0.2, 0.25) is 0 Å². The number of anilines is 1. The fourth-order valence-corrected chi connectivity index (χ4v) is 3.29. The van der Waals surface area contributed by atoms with Crippen molar-refractivity contribution in [2.24, 2.45) is 0 Å². The summed E-state index contributed by atoms with van der Waals surface area (Å²) in [5.41, 5.74) is 1.73. The van der Waals surface area contributed by atoms with Crippen LogP contribution < -0.4 is 10.6 Å². The fraction of sp³-hybridized carbons (Fsp3) is 0.200. The molecule has 2 aromatic carbocycles. The molecular weight excluding hydrogens is 388 g/mol. The number of amides is 1. The summed E-state index contributed by atoms with van der Waals surface area (Å²) in [6.07, 6.45) is 3.44. The van der Waals surface area contributed by atoms with Crippen LogP contribution in [-0.4, -0.2) is 22.0 Å². The Bertz CT molecular complexity index is 1070. The molecule has 0 saturated heterocycles. The van der Waals surface area contributed by atoms with Crippen LogP contribution in [0, 0.1) is 23.3 Å². The van der Waals surface area contributed by atoms with E-state index in [-0.39, 0.29) is 23.5 Å². The lowest BCUT2D eigenvalue weighted by Crippen LogP contribution is -2.25. The van der Waals surface area contributed by atoms with E-state index in [1.165, 1.54) is 23.2 Å². The zero-order chi connectivity index (χ0) is 20.5. The first kappa shape index (κ1) is 19.1. The molecule has 2 heterocycles. The molecule has 1 amide bonds. The lowest BCUT2D eigenvalue weighted by molar-refractivity contribution is 0.102. The van der Waals surface area contributed by atoms with Gasteiger partial charge in [0, 0.05) is 30.4 Å². The average molecular weight is 404 g/mol. The van der Waals surface area contributed by atoms with Crippen LogP contribution in [-0.2, 0) is 19.5 Å². The van der Waals surface area contributed by atoms with Gasteiger partial charge in [0.15, 0.2) is 23.3 Å². The maximum absolute atomic E-state index is 14.2. The molecule has 3 aromatic rings. The molecule has 0 spiro atoms. The number of rotatable bonds is 4. The van der Waals surface area contributed by atoms with E-state index in [0.29, 0.717) is 25.1 Å². The summed E-state index contributed by atoms with van der Waals surface area (Å²) in [6.45, 7) is 1.17. The van der Waals surface area contributed by atoms with Crippen LogP contribution in [0.15, 0.2) is 36.8 Å². The Morgan fingerprint density at radius 2 is 1.86 bits per heavy atom. The summed E-state index contributed by atoms with van der Waals surface area (Å²) in [5.74, 6) is -4.85. The highest BCUT2D eigenvalue weighted by Gasteiger charge is 2.18. The van der Waals surface area contributed by atoms with E-state index in [1.807, 2.05) is 0 Å². The Kier molecular flexibility index (Phi) is 5.06. The number of hydrogen-bond donors (Lipinski definition) is 2. The molecule has 29 heavy (non-hydrogen) atoms. The van der Waals surface area contributed by atoms with E-state index in [4.69, 9.17) is 0 Å². The van der Waals surface area contributed by atoms with Crippen molar-refractivity contribution in [2.45, 2.75) is 19.5 Å². The van der Waals surface area contributed by atoms with Gasteiger partial charge in [-0.25, -0.2) is 22.5 Å². The zero-order valence-electron chi connectivity index (χ0n) is 15.1. The highest BCUT2D eigenvalue weighted by atomic mass is 19.2. The van der Waals surface area contributed by atoms with Crippen molar-refractivity contribution in [2.75, 3.05) is 11.9 Å². The number of carbonyl (C=O) groups excluding carboxylic acids is 1. The highest BCUT2D eigenvalue weighted by Crippen LogP contribution is 2.21. The van der Waals surface area contributed by atoms with Crippen molar-refractivity contribution in [3.8, 4) is 0 Å². The van der Waals surface area contributed by atoms with E-state index in [1.54, 1.807) is 6.07 Å². The minimum atomic E-state index is -1.53. The topological polar surface area (TPSA) is 59.0 Å². The maximum atomic E-state index is 14.2. The van der Waals surface area contributed by atoms with Crippen molar-refractivity contribution < 1.29 is 22.4 Å². The van der Waals surface area contributed by atoms with Gasteiger partial charge in [-0.15, -0.1) is 0 Å². The Labute approximate surface area is 163 Å². The second-order valence-electron chi connectivity index (χ2n) is 6.78. The molecule has 0 atom stereocenters. The molecular formula is C20H16F4N4O. The van der Waals surface area contributed by atoms with E-state index < -0.39 is 29.2 Å². The summed E-state index contributed by atoms with van der Waals surface area (Å²) in [4.78, 5) is 16.5. The molecule has 0 saturated carbocycles. The number of fused-ring (bicyclic) bond motifs is 1. The molecule has 150 valence electrons. The van der Waals surface area contributed by atoms with Crippen LogP contribution in [0.3, 0.4) is 0 Å². The van der Waals surface area contributed by atoms with Gasteiger partial charge in [-0.1, -0.05) is 0 Å². The van der Waals surface area contributed by atoms with Gasteiger partial charge < -0.3 is 15.2 Å². The minimum absolute atomic E-state index is 0.0253. The Hall–Kier alpha value is -3.20. The predicted octanol–water partition coefficient (Wildman–Crippen LogP) is 3.39. The standard InChI is InChI=1S/C20H16F4N4O/c21-15-6-13(5-12-1-2-25-7-14(12)15)20(29)27-18-9-28(10-26-18)8-11-3-16(22)19(24)17(23)4-11/h3-6,9-10,25H,1-2,7-8H2,(H,27,29). The van der Waals surface area contributed by atoms with Crippen LogP contribution in [0.5, 0.6) is 0 Å². The van der Waals surface area contributed by atoms with Gasteiger partial charge in [0.1, 0.15) is 5.82 Å². The first-order valence-electron chi connectivity index (χ1n) is 8.89. The summed E-state index contributed by atoms with van der Waals surface area (Å²) < 4.78 is 55.4. The Morgan fingerprint density at radius 3 is 2.62 bits per heavy atom. The maximum Gasteiger partial charge on any atom is 0.256 e. The van der Waals surface area contributed by atoms with Crippen molar-refractivity contribution >= 4 is 11.7 Å². The monoisotopic (exact) mass is 404 g/mol. The summed E-state index contributed by atoms with van der Waals surface area (Å²) in [6, 6.07) is 4.63. The molecule has 0 bridgehead atoms. The van der Waals surface area contributed by atoms with Crippen LogP contribution in [0.4, 0.5) is 23.4 Å². The van der Waals surface area contributed by atoms with Gasteiger partial charge in [-0.05, 0) is 48.4 Å². The third kappa shape index (κ3) is 4.00. The molecule has 1 aromatic heterocycles. The van der Waals surface area contributed by atoms with E-state index in [9.17, 15) is 22.4 Å². The molecule has 9 heteroatoms. The van der Waals surface area contributed by atoms with Crippen LogP contribution in [0.2, 0.25) is 0 Å². The van der Waals surface area contributed by atoms with Crippen molar-refractivity contribution in [1.82, 2.24) is 14.9 Å². The second kappa shape index (κ2) is 7.67. The molecule has 5 nitrogen and oxygen atoms in total. The highest BCUT2D eigenvalue weighted by molar-refractivity contribution is 6.03. The Balaban J connectivity index is 1.48. The normalized spacial score (nSPS) is 13.2. The number of aromatic nitrogens is 2. The number of benzene rings is 2. The number of halogens is 4. The summed E-state index contributed by atoms with van der Waals surface area (Å²) >= 11 is 0. The van der Waals surface area contributed by atoms with Crippen molar-refractivity contribution in [1.29, 1.82) is 0 Å². The molecule has 1 aliphatic rings. The molecule has 0 fully saturated rings. The minimum Gasteiger partial charge on any atom is -0.331 e. The number of imidazole rings is 1. The van der Waals surface area contributed by atoms with Gasteiger partial charge in [-0.3, -0.25) is 4.79 Å². The lowest BCUT2D eigenvalue weighted by Gasteiger charge is -2.18. The third-order valence-corrected chi connectivity index (χ3v) is 4.71.